The largest absolute Gasteiger partial charge is 0.506 e. The third kappa shape index (κ3) is 3.57. The summed E-state index contributed by atoms with van der Waals surface area (Å²) in [6.07, 6.45) is 0. The predicted octanol–water partition coefficient (Wildman–Crippen LogP) is 3.48. The number of halogens is 1. The third-order valence-corrected chi connectivity index (χ3v) is 4.38. The highest BCUT2D eigenvalue weighted by Crippen LogP contribution is 2.27. The molecule has 0 amide bonds. The number of para-hydroxylation sites is 2. The second kappa shape index (κ2) is 6.50. The fourth-order valence-corrected chi connectivity index (χ4v) is 3.22. The van der Waals surface area contributed by atoms with E-state index in [2.05, 4.69) is 50.0 Å². The van der Waals surface area contributed by atoms with E-state index in [0.29, 0.717) is 5.75 Å². The van der Waals surface area contributed by atoms with Crippen molar-refractivity contribution in [1.29, 1.82) is 0 Å². The molecule has 0 bridgehead atoms. The normalized spacial score (nSPS) is 16.1. The molecule has 110 valence electrons. The third-order valence-electron chi connectivity index (χ3n) is 3.89. The van der Waals surface area contributed by atoms with Gasteiger partial charge in [0.2, 0.25) is 0 Å². The molecule has 1 aliphatic rings. The number of phenols is 1. The molecule has 1 fully saturated rings. The first-order valence-electron chi connectivity index (χ1n) is 7.22. The van der Waals surface area contributed by atoms with Crippen molar-refractivity contribution in [2.45, 2.75) is 6.54 Å². The molecule has 3 rings (SSSR count). The van der Waals surface area contributed by atoms with Gasteiger partial charge in [-0.15, -0.1) is 0 Å². The van der Waals surface area contributed by atoms with Crippen LogP contribution in [0, 0.1) is 0 Å². The zero-order valence-electron chi connectivity index (χ0n) is 11.9. The number of nitrogens with zero attached hydrogens (tertiary/aromatic N) is 2. The summed E-state index contributed by atoms with van der Waals surface area (Å²) in [5.74, 6) is 0.373. The summed E-state index contributed by atoms with van der Waals surface area (Å²) in [4.78, 5) is 4.71. The fraction of sp³-hybridized carbons (Fsp3) is 0.294. The smallest absolute Gasteiger partial charge is 0.138 e. The fourth-order valence-electron chi connectivity index (χ4n) is 2.77. The van der Waals surface area contributed by atoms with Crippen molar-refractivity contribution in [2.75, 3.05) is 31.1 Å². The quantitative estimate of drug-likeness (QED) is 0.921. The molecule has 4 heteroatoms. The summed E-state index contributed by atoms with van der Waals surface area (Å²) >= 11 is 3.52. The molecule has 2 aromatic carbocycles. The van der Waals surface area contributed by atoms with Crippen LogP contribution in [0.4, 0.5) is 5.69 Å². The van der Waals surface area contributed by atoms with Crippen LogP contribution in [0.5, 0.6) is 5.75 Å². The van der Waals surface area contributed by atoms with Crippen LogP contribution in [0.3, 0.4) is 0 Å². The second-order valence-electron chi connectivity index (χ2n) is 5.38. The molecule has 1 saturated heterocycles. The first-order valence-corrected chi connectivity index (χ1v) is 8.01. The van der Waals surface area contributed by atoms with Crippen molar-refractivity contribution in [2.24, 2.45) is 0 Å². The maximum absolute atomic E-state index is 9.93. The summed E-state index contributed by atoms with van der Waals surface area (Å²) in [5.41, 5.74) is 2.28. The molecule has 0 aromatic heterocycles. The number of anilines is 1. The minimum atomic E-state index is 0.373. The van der Waals surface area contributed by atoms with E-state index in [9.17, 15) is 5.11 Å². The van der Waals surface area contributed by atoms with Crippen LogP contribution in [0.1, 0.15) is 5.56 Å². The topological polar surface area (TPSA) is 26.7 Å². The molecule has 0 aliphatic carbocycles. The van der Waals surface area contributed by atoms with Crippen LogP contribution in [-0.2, 0) is 6.54 Å². The molecule has 1 aliphatic heterocycles. The molecule has 0 radical (unpaired) electrons. The van der Waals surface area contributed by atoms with Crippen molar-refractivity contribution in [3.8, 4) is 5.75 Å². The molecule has 1 N–H and O–H groups in total. The van der Waals surface area contributed by atoms with Gasteiger partial charge in [0.05, 0.1) is 5.69 Å². The van der Waals surface area contributed by atoms with Crippen molar-refractivity contribution >= 4 is 21.6 Å². The lowest BCUT2D eigenvalue weighted by Gasteiger charge is -2.36. The monoisotopic (exact) mass is 346 g/mol. The van der Waals surface area contributed by atoms with Crippen LogP contribution >= 0.6 is 15.9 Å². The van der Waals surface area contributed by atoms with E-state index in [1.807, 2.05) is 18.2 Å². The van der Waals surface area contributed by atoms with Gasteiger partial charge < -0.3 is 10.0 Å². The van der Waals surface area contributed by atoms with E-state index in [1.165, 1.54) is 5.56 Å². The summed E-state index contributed by atoms with van der Waals surface area (Å²) < 4.78 is 1.13. The van der Waals surface area contributed by atoms with Gasteiger partial charge in [0, 0.05) is 37.2 Å². The van der Waals surface area contributed by atoms with Gasteiger partial charge in [0.15, 0.2) is 0 Å². The van der Waals surface area contributed by atoms with Crippen LogP contribution < -0.4 is 4.90 Å². The molecule has 21 heavy (non-hydrogen) atoms. The molecule has 2 aromatic rings. The standard InChI is InChI=1S/C17H19BrN2O/c18-15-5-3-4-14(12-15)13-19-8-10-20(11-9-19)16-6-1-2-7-17(16)21/h1-7,12,21H,8-11,13H2. The Hall–Kier alpha value is -1.52. The summed E-state index contributed by atoms with van der Waals surface area (Å²) in [5, 5.41) is 9.93. The highest BCUT2D eigenvalue weighted by molar-refractivity contribution is 9.10. The summed E-state index contributed by atoms with van der Waals surface area (Å²) in [7, 11) is 0. The Labute approximate surface area is 133 Å². The van der Waals surface area contributed by atoms with Gasteiger partial charge in [-0.2, -0.15) is 0 Å². The SMILES string of the molecule is Oc1ccccc1N1CCN(Cc2cccc(Br)c2)CC1. The molecule has 0 saturated carbocycles. The maximum Gasteiger partial charge on any atom is 0.138 e. The zero-order valence-corrected chi connectivity index (χ0v) is 13.5. The number of aromatic hydroxyl groups is 1. The van der Waals surface area contributed by atoms with E-state index in [1.54, 1.807) is 6.07 Å². The summed E-state index contributed by atoms with van der Waals surface area (Å²) in [6, 6.07) is 16.1. The predicted molar refractivity (Wildman–Crippen MR) is 89.7 cm³/mol. The van der Waals surface area contributed by atoms with Gasteiger partial charge in [-0.3, -0.25) is 4.90 Å². The van der Waals surface area contributed by atoms with Crippen LogP contribution in [0.2, 0.25) is 0 Å². The van der Waals surface area contributed by atoms with Gasteiger partial charge >= 0.3 is 0 Å². The lowest BCUT2D eigenvalue weighted by Crippen LogP contribution is -2.45. The Morgan fingerprint density at radius 2 is 1.71 bits per heavy atom. The van der Waals surface area contributed by atoms with E-state index in [4.69, 9.17) is 0 Å². The first kappa shape index (κ1) is 14.4. The highest BCUT2D eigenvalue weighted by Gasteiger charge is 2.18. The first-order chi connectivity index (χ1) is 10.2. The van der Waals surface area contributed by atoms with E-state index in [-0.39, 0.29) is 0 Å². The van der Waals surface area contributed by atoms with Crippen molar-refractivity contribution in [3.05, 3.63) is 58.6 Å². The number of piperazine rings is 1. The van der Waals surface area contributed by atoms with Gasteiger partial charge in [-0.05, 0) is 29.8 Å². The maximum atomic E-state index is 9.93. The van der Waals surface area contributed by atoms with Gasteiger partial charge in [-0.1, -0.05) is 40.2 Å². The Kier molecular flexibility index (Phi) is 4.46. The minimum Gasteiger partial charge on any atom is -0.506 e. The average Bonchev–Trinajstić information content (AvgIpc) is 2.49. The number of rotatable bonds is 3. The molecule has 3 nitrogen and oxygen atoms in total. The number of phenolic OH excluding ortho intramolecular Hbond substituents is 1. The Morgan fingerprint density at radius 1 is 0.952 bits per heavy atom. The van der Waals surface area contributed by atoms with Crippen molar-refractivity contribution in [3.63, 3.8) is 0 Å². The van der Waals surface area contributed by atoms with Gasteiger partial charge in [-0.25, -0.2) is 0 Å². The molecule has 0 unspecified atom stereocenters. The van der Waals surface area contributed by atoms with Crippen LogP contribution in [-0.4, -0.2) is 36.2 Å². The molecule has 0 atom stereocenters. The molecular weight excluding hydrogens is 328 g/mol. The zero-order chi connectivity index (χ0) is 14.7. The lowest BCUT2D eigenvalue weighted by molar-refractivity contribution is 0.249. The summed E-state index contributed by atoms with van der Waals surface area (Å²) in [6.45, 7) is 4.91. The Bertz CT molecular complexity index is 609. The van der Waals surface area contributed by atoms with E-state index in [0.717, 1.165) is 42.9 Å². The van der Waals surface area contributed by atoms with Crippen LogP contribution in [0.15, 0.2) is 53.0 Å². The number of hydrogen-bond donors (Lipinski definition) is 1. The van der Waals surface area contributed by atoms with Crippen molar-refractivity contribution < 1.29 is 5.11 Å². The Balaban J connectivity index is 1.59. The van der Waals surface area contributed by atoms with Crippen LogP contribution in [0.25, 0.3) is 0 Å². The van der Waals surface area contributed by atoms with Crippen molar-refractivity contribution in [1.82, 2.24) is 4.90 Å². The average molecular weight is 347 g/mol. The van der Waals surface area contributed by atoms with Gasteiger partial charge in [0.1, 0.15) is 5.75 Å². The highest BCUT2D eigenvalue weighted by atomic mass is 79.9. The minimum absolute atomic E-state index is 0.373. The number of benzene rings is 2. The lowest BCUT2D eigenvalue weighted by atomic mass is 10.2. The van der Waals surface area contributed by atoms with E-state index < -0.39 is 0 Å². The van der Waals surface area contributed by atoms with E-state index >= 15 is 0 Å². The Morgan fingerprint density at radius 3 is 2.43 bits per heavy atom. The molecule has 1 heterocycles. The van der Waals surface area contributed by atoms with Gasteiger partial charge in [0.25, 0.3) is 0 Å². The molecular formula is C17H19BrN2O. The second-order valence-corrected chi connectivity index (χ2v) is 6.30. The molecule has 0 spiro atoms. The number of hydrogen-bond acceptors (Lipinski definition) is 3.